The minimum absolute atomic E-state index is 0.181. The van der Waals surface area contributed by atoms with E-state index in [9.17, 15) is 27.6 Å². The Balaban J connectivity index is 0.000000809. The lowest BCUT2D eigenvalue weighted by Gasteiger charge is -2.13. The Hall–Kier alpha value is -4.81. The quantitative estimate of drug-likeness (QED) is 0.257. The van der Waals surface area contributed by atoms with Crippen molar-refractivity contribution in [2.75, 3.05) is 17.8 Å². The average molecular weight is 513 g/mol. The number of terminal acetylenes is 1. The van der Waals surface area contributed by atoms with Gasteiger partial charge >= 0.3 is 18.2 Å². The Bertz CT molecular complexity index is 1210. The van der Waals surface area contributed by atoms with Gasteiger partial charge in [0.1, 0.15) is 12.4 Å². The number of carboxylic acid groups (broad SMARTS) is 1. The van der Waals surface area contributed by atoms with Gasteiger partial charge in [0, 0.05) is 24.1 Å². The lowest BCUT2D eigenvalue weighted by molar-refractivity contribution is -0.192. The summed E-state index contributed by atoms with van der Waals surface area (Å²) in [5, 5.41) is 9.85. The molecule has 0 aromatic carbocycles. The van der Waals surface area contributed by atoms with Gasteiger partial charge in [-0.15, -0.1) is 6.42 Å². The number of anilines is 2. The maximum Gasteiger partial charge on any atom is 0.490 e. The first-order valence-corrected chi connectivity index (χ1v) is 9.73. The van der Waals surface area contributed by atoms with Gasteiger partial charge in [-0.2, -0.15) is 13.2 Å². The molecular formula is C20H22F3N7O6. The highest BCUT2D eigenvalue weighted by Crippen LogP contribution is 2.13. The van der Waals surface area contributed by atoms with Crippen LogP contribution >= 0.6 is 0 Å². The van der Waals surface area contributed by atoms with Crippen LogP contribution in [-0.4, -0.2) is 50.4 Å². The van der Waals surface area contributed by atoms with Crippen molar-refractivity contribution in [1.82, 2.24) is 25.3 Å². The number of carboxylic acids is 1. The van der Waals surface area contributed by atoms with E-state index in [1.807, 2.05) is 0 Å². The number of nitrogen functional groups attached to an aromatic ring is 1. The second kappa shape index (κ2) is 13.2. The van der Waals surface area contributed by atoms with Crippen molar-refractivity contribution in [2.45, 2.75) is 33.1 Å². The van der Waals surface area contributed by atoms with Crippen LogP contribution in [0.15, 0.2) is 23.1 Å². The zero-order valence-electron chi connectivity index (χ0n) is 19.0. The molecule has 0 radical (unpaired) electrons. The number of carbonyl (C=O) groups is 3. The highest BCUT2D eigenvalue weighted by atomic mass is 19.4. The fourth-order valence-electron chi connectivity index (χ4n) is 2.30. The zero-order valence-corrected chi connectivity index (χ0v) is 19.0. The molecule has 0 saturated heterocycles. The first kappa shape index (κ1) is 29.2. The number of aliphatic carboxylic acids is 1. The van der Waals surface area contributed by atoms with E-state index >= 15 is 0 Å². The number of aromatic nitrogens is 3. The van der Waals surface area contributed by atoms with Gasteiger partial charge in [0.2, 0.25) is 11.7 Å². The number of hydrazine groups is 1. The molecule has 0 spiro atoms. The Morgan fingerprint density at radius 2 is 1.92 bits per heavy atom. The number of ether oxygens (including phenoxy) is 1. The summed E-state index contributed by atoms with van der Waals surface area (Å²) >= 11 is 0. The molecule has 0 atom stereocenters. The van der Waals surface area contributed by atoms with Crippen molar-refractivity contribution in [1.29, 1.82) is 0 Å². The van der Waals surface area contributed by atoms with E-state index in [4.69, 9.17) is 22.1 Å². The maximum atomic E-state index is 12.5. The summed E-state index contributed by atoms with van der Waals surface area (Å²) in [6.45, 7) is 3.21. The highest BCUT2D eigenvalue weighted by Gasteiger charge is 2.38. The molecule has 36 heavy (non-hydrogen) atoms. The van der Waals surface area contributed by atoms with Crippen LogP contribution in [0.5, 0.6) is 0 Å². The average Bonchev–Trinajstić information content (AvgIpc) is 2.79. The molecule has 2 aromatic heterocycles. The van der Waals surface area contributed by atoms with Crippen LogP contribution in [0.25, 0.3) is 0 Å². The topological polar surface area (TPSA) is 191 Å². The predicted octanol–water partition coefficient (Wildman–Crippen LogP) is 0.473. The molecular weight excluding hydrogens is 491 g/mol. The number of nitrogens with two attached hydrogens (primary N) is 1. The van der Waals surface area contributed by atoms with Crippen LogP contribution in [0.1, 0.15) is 17.0 Å². The number of carbonyl (C=O) groups excluding carboxylic acids is 2. The predicted molar refractivity (Wildman–Crippen MR) is 119 cm³/mol. The molecule has 2 heterocycles. The normalized spacial score (nSPS) is 10.2. The minimum atomic E-state index is -5.08. The number of hydrogen-bond donors (Lipinski definition) is 5. The molecule has 0 fully saturated rings. The lowest BCUT2D eigenvalue weighted by Crippen LogP contribution is -2.38. The number of hydrogen-bond acceptors (Lipinski definition) is 9. The molecule has 0 aliphatic heterocycles. The third-order valence-electron chi connectivity index (χ3n) is 4.06. The zero-order chi connectivity index (χ0) is 27.5. The van der Waals surface area contributed by atoms with E-state index in [1.54, 1.807) is 26.0 Å². The second-order valence-corrected chi connectivity index (χ2v) is 6.73. The number of aryl methyl sites for hydroxylation is 2. The summed E-state index contributed by atoms with van der Waals surface area (Å²) in [7, 11) is 0. The van der Waals surface area contributed by atoms with E-state index in [1.165, 1.54) is 10.8 Å². The summed E-state index contributed by atoms with van der Waals surface area (Å²) in [6.07, 6.45) is 0.411. The van der Waals surface area contributed by atoms with Crippen LogP contribution in [0.3, 0.4) is 0 Å². The molecule has 0 unspecified atom stereocenters. The third kappa shape index (κ3) is 9.59. The van der Waals surface area contributed by atoms with Crippen LogP contribution in [0.4, 0.5) is 29.6 Å². The standard InChI is InChI=1S/C18H21N7O4.C2HF3O2/c1-4-7-29-18(28)24-23-16-17(27)25(11(2)8-21-16)10-15(26)20-9-13-5-6-14(19)22-12(13)3;3-2(4,5)1(6)7/h1,5-6,8H,7,9-10H2,2-3H3,(H2,19,22)(H,20,26)(H,21,23)(H,24,28);(H,6,7). The molecule has 0 aliphatic carbocycles. The molecule has 194 valence electrons. The monoisotopic (exact) mass is 513 g/mol. The summed E-state index contributed by atoms with van der Waals surface area (Å²) in [5.41, 5.74) is 11.5. The van der Waals surface area contributed by atoms with E-state index < -0.39 is 23.8 Å². The molecule has 6 N–H and O–H groups in total. The number of amides is 2. The fraction of sp³-hybridized carbons (Fsp3) is 0.300. The second-order valence-electron chi connectivity index (χ2n) is 6.73. The van der Waals surface area contributed by atoms with Gasteiger partial charge in [0.25, 0.3) is 5.56 Å². The number of pyridine rings is 1. The van der Waals surface area contributed by atoms with Gasteiger partial charge < -0.3 is 20.9 Å². The van der Waals surface area contributed by atoms with Gasteiger partial charge in [-0.05, 0) is 25.5 Å². The number of nitrogens with one attached hydrogen (secondary N) is 3. The van der Waals surface area contributed by atoms with Crippen molar-refractivity contribution in [3.05, 3.63) is 45.6 Å². The Morgan fingerprint density at radius 1 is 1.28 bits per heavy atom. The van der Waals surface area contributed by atoms with E-state index in [-0.39, 0.29) is 31.4 Å². The molecule has 0 saturated carbocycles. The number of rotatable bonds is 7. The van der Waals surface area contributed by atoms with Gasteiger partial charge in [-0.1, -0.05) is 12.0 Å². The molecule has 0 aliphatic rings. The largest absolute Gasteiger partial charge is 0.490 e. The Morgan fingerprint density at radius 3 is 2.47 bits per heavy atom. The van der Waals surface area contributed by atoms with Gasteiger partial charge in [0.15, 0.2) is 6.61 Å². The highest BCUT2D eigenvalue weighted by molar-refractivity contribution is 5.76. The van der Waals surface area contributed by atoms with Crippen molar-refractivity contribution in [3.63, 3.8) is 0 Å². The lowest BCUT2D eigenvalue weighted by atomic mass is 10.2. The van der Waals surface area contributed by atoms with Crippen LogP contribution in [0.2, 0.25) is 0 Å². The fourth-order valence-corrected chi connectivity index (χ4v) is 2.30. The third-order valence-corrected chi connectivity index (χ3v) is 4.06. The summed E-state index contributed by atoms with van der Waals surface area (Å²) < 4.78 is 37.6. The first-order valence-electron chi connectivity index (χ1n) is 9.73. The summed E-state index contributed by atoms with van der Waals surface area (Å²) in [6, 6.07) is 3.42. The Labute approximate surface area is 201 Å². The smallest absolute Gasteiger partial charge is 0.475 e. The molecule has 0 bridgehead atoms. The molecule has 13 nitrogen and oxygen atoms in total. The number of nitrogens with zero attached hydrogens (tertiary/aromatic N) is 3. The van der Waals surface area contributed by atoms with Crippen molar-refractivity contribution in [2.24, 2.45) is 0 Å². The molecule has 2 amide bonds. The maximum absolute atomic E-state index is 12.5. The van der Waals surface area contributed by atoms with Crippen LogP contribution < -0.4 is 27.5 Å². The van der Waals surface area contributed by atoms with Crippen LogP contribution in [-0.2, 0) is 27.4 Å². The van der Waals surface area contributed by atoms with E-state index in [2.05, 4.69) is 36.8 Å². The summed E-state index contributed by atoms with van der Waals surface area (Å²) in [5.74, 6) is -0.796. The van der Waals surface area contributed by atoms with E-state index in [0.717, 1.165) is 5.56 Å². The number of alkyl halides is 3. The van der Waals surface area contributed by atoms with Gasteiger partial charge in [-0.3, -0.25) is 19.6 Å². The van der Waals surface area contributed by atoms with Crippen molar-refractivity contribution >= 4 is 29.6 Å². The van der Waals surface area contributed by atoms with Gasteiger partial charge in [0.05, 0.1) is 0 Å². The van der Waals surface area contributed by atoms with E-state index in [0.29, 0.717) is 17.2 Å². The van der Waals surface area contributed by atoms with Gasteiger partial charge in [-0.25, -0.2) is 25.0 Å². The molecule has 2 aromatic rings. The number of halogens is 3. The summed E-state index contributed by atoms with van der Waals surface area (Å²) in [4.78, 5) is 53.1. The minimum Gasteiger partial charge on any atom is -0.475 e. The van der Waals surface area contributed by atoms with Crippen LogP contribution in [0, 0.1) is 26.2 Å². The SMILES string of the molecule is C#CCOC(=O)NNc1ncc(C)n(CC(=O)NCc2ccc(N)nc2C)c1=O.O=C(O)C(F)(F)F. The first-order chi connectivity index (χ1) is 16.8. The molecule has 2 rings (SSSR count). The van der Waals surface area contributed by atoms with Crippen molar-refractivity contribution in [3.8, 4) is 12.3 Å². The Kier molecular flexibility index (Phi) is 10.7. The molecule has 16 heteroatoms. The van der Waals surface area contributed by atoms with Crippen molar-refractivity contribution < 1.29 is 37.4 Å².